The molecule has 1 heterocycles. The van der Waals surface area contributed by atoms with Crippen molar-refractivity contribution in [3.05, 3.63) is 83.1 Å². The maximum Gasteiger partial charge on any atom is 0.416 e. The van der Waals surface area contributed by atoms with Crippen LogP contribution in [0.15, 0.2) is 70.7 Å². The Labute approximate surface area is 164 Å². The van der Waals surface area contributed by atoms with Gasteiger partial charge in [-0.15, -0.1) is 0 Å². The van der Waals surface area contributed by atoms with Crippen molar-refractivity contribution in [3.63, 3.8) is 0 Å². The highest BCUT2D eigenvalue weighted by Gasteiger charge is 2.30. The molecule has 0 aliphatic rings. The number of hydrogen-bond donors (Lipinski definition) is 1. The zero-order valence-corrected chi connectivity index (χ0v) is 15.2. The number of carbonyl (C=O) groups is 1. The van der Waals surface area contributed by atoms with Crippen LogP contribution in [0.25, 0.3) is 17.4 Å². The van der Waals surface area contributed by atoms with Crippen LogP contribution in [-0.2, 0) is 11.0 Å². The lowest BCUT2D eigenvalue weighted by Crippen LogP contribution is -2.14. The van der Waals surface area contributed by atoms with Crippen molar-refractivity contribution in [2.45, 2.75) is 13.1 Å². The lowest BCUT2D eigenvalue weighted by Gasteiger charge is -2.09. The molecular weight excluding hydrogens is 381 g/mol. The topological polar surface area (TPSA) is 66.0 Å². The van der Waals surface area contributed by atoms with Gasteiger partial charge in [-0.25, -0.2) is 0 Å². The Hall–Kier alpha value is -3.79. The van der Waals surface area contributed by atoms with Gasteiger partial charge in [-0.05, 0) is 37.3 Å². The molecule has 0 spiro atoms. The molecule has 1 aromatic heterocycles. The first kappa shape index (κ1) is 20.0. The van der Waals surface area contributed by atoms with E-state index in [1.54, 1.807) is 18.2 Å². The molecule has 29 heavy (non-hydrogen) atoms. The SMILES string of the molecule is Cc1ccc(-c2ccc(C=C(C#N)C(=O)Nc3cccc(C(F)(F)F)c3)o2)cc1. The number of alkyl halides is 3. The summed E-state index contributed by atoms with van der Waals surface area (Å²) in [6.07, 6.45) is -3.30. The van der Waals surface area contributed by atoms with Crippen molar-refractivity contribution in [2.24, 2.45) is 0 Å². The van der Waals surface area contributed by atoms with Gasteiger partial charge < -0.3 is 9.73 Å². The van der Waals surface area contributed by atoms with Crippen molar-refractivity contribution in [3.8, 4) is 17.4 Å². The normalized spacial score (nSPS) is 11.8. The van der Waals surface area contributed by atoms with E-state index in [9.17, 15) is 23.2 Å². The summed E-state index contributed by atoms with van der Waals surface area (Å²) in [7, 11) is 0. The number of nitriles is 1. The zero-order valence-electron chi connectivity index (χ0n) is 15.2. The third-order valence-corrected chi connectivity index (χ3v) is 4.06. The highest BCUT2D eigenvalue weighted by molar-refractivity contribution is 6.09. The summed E-state index contributed by atoms with van der Waals surface area (Å²) < 4.78 is 44.0. The number of nitrogens with zero attached hydrogens (tertiary/aromatic N) is 1. The Morgan fingerprint density at radius 3 is 2.48 bits per heavy atom. The minimum atomic E-state index is -4.53. The van der Waals surface area contributed by atoms with Crippen LogP contribution in [0.1, 0.15) is 16.9 Å². The quantitative estimate of drug-likeness (QED) is 0.446. The molecule has 3 aromatic rings. The van der Waals surface area contributed by atoms with E-state index in [2.05, 4.69) is 5.32 Å². The number of amides is 1. The molecule has 0 atom stereocenters. The van der Waals surface area contributed by atoms with Gasteiger partial charge in [0.15, 0.2) is 0 Å². The van der Waals surface area contributed by atoms with E-state index < -0.39 is 17.6 Å². The van der Waals surface area contributed by atoms with Gasteiger partial charge in [0, 0.05) is 17.3 Å². The fraction of sp³-hybridized carbons (Fsp3) is 0.0909. The fourth-order valence-electron chi connectivity index (χ4n) is 2.57. The molecule has 0 bridgehead atoms. The van der Waals surface area contributed by atoms with Crippen molar-refractivity contribution < 1.29 is 22.4 Å². The molecule has 0 saturated heterocycles. The van der Waals surface area contributed by atoms with E-state index in [1.165, 1.54) is 18.2 Å². The molecule has 1 N–H and O–H groups in total. The van der Waals surface area contributed by atoms with Crippen LogP contribution >= 0.6 is 0 Å². The van der Waals surface area contributed by atoms with Gasteiger partial charge >= 0.3 is 6.18 Å². The zero-order chi connectivity index (χ0) is 21.0. The van der Waals surface area contributed by atoms with Gasteiger partial charge in [0.2, 0.25) is 0 Å². The number of aryl methyl sites for hydroxylation is 1. The first-order valence-electron chi connectivity index (χ1n) is 8.53. The van der Waals surface area contributed by atoms with Crippen molar-refractivity contribution in [2.75, 3.05) is 5.32 Å². The van der Waals surface area contributed by atoms with Crippen LogP contribution in [0.3, 0.4) is 0 Å². The lowest BCUT2D eigenvalue weighted by molar-refractivity contribution is -0.137. The van der Waals surface area contributed by atoms with Crippen molar-refractivity contribution in [1.82, 2.24) is 0 Å². The predicted molar refractivity (Wildman–Crippen MR) is 103 cm³/mol. The summed E-state index contributed by atoms with van der Waals surface area (Å²) in [5, 5.41) is 11.6. The smallest absolute Gasteiger partial charge is 0.416 e. The largest absolute Gasteiger partial charge is 0.457 e. The van der Waals surface area contributed by atoms with Crippen LogP contribution in [0.4, 0.5) is 18.9 Å². The number of benzene rings is 2. The van der Waals surface area contributed by atoms with E-state index in [0.29, 0.717) is 5.76 Å². The first-order chi connectivity index (χ1) is 13.8. The molecule has 0 aliphatic carbocycles. The molecule has 3 rings (SSSR count). The number of anilines is 1. The second-order valence-electron chi connectivity index (χ2n) is 6.27. The molecule has 0 fully saturated rings. The number of carbonyl (C=O) groups excluding carboxylic acids is 1. The average Bonchev–Trinajstić information content (AvgIpc) is 3.14. The summed E-state index contributed by atoms with van der Waals surface area (Å²) in [5.74, 6) is 0.00301. The predicted octanol–water partition coefficient (Wildman–Crippen LogP) is 5.82. The van der Waals surface area contributed by atoms with E-state index in [-0.39, 0.29) is 17.0 Å². The van der Waals surface area contributed by atoms with Crippen LogP contribution in [0, 0.1) is 18.3 Å². The van der Waals surface area contributed by atoms with E-state index in [1.807, 2.05) is 31.2 Å². The molecule has 146 valence electrons. The maximum absolute atomic E-state index is 12.8. The number of rotatable bonds is 4. The highest BCUT2D eigenvalue weighted by Crippen LogP contribution is 2.31. The molecule has 4 nitrogen and oxygen atoms in total. The van der Waals surface area contributed by atoms with Gasteiger partial charge in [0.05, 0.1) is 5.56 Å². The summed E-state index contributed by atoms with van der Waals surface area (Å²) in [5.41, 5.74) is 0.671. The third kappa shape index (κ3) is 4.93. The van der Waals surface area contributed by atoms with Gasteiger partial charge in [-0.3, -0.25) is 4.79 Å². The fourth-order valence-corrected chi connectivity index (χ4v) is 2.57. The third-order valence-electron chi connectivity index (χ3n) is 4.06. The molecule has 0 saturated carbocycles. The number of furan rings is 1. The van der Waals surface area contributed by atoms with Gasteiger partial charge in [-0.2, -0.15) is 18.4 Å². The number of halogens is 3. The molecule has 1 amide bonds. The van der Waals surface area contributed by atoms with Gasteiger partial charge in [-0.1, -0.05) is 35.9 Å². The van der Waals surface area contributed by atoms with Crippen LogP contribution in [0.5, 0.6) is 0 Å². The maximum atomic E-state index is 12.8. The lowest BCUT2D eigenvalue weighted by atomic mass is 10.1. The van der Waals surface area contributed by atoms with E-state index in [4.69, 9.17) is 4.42 Å². The Kier molecular flexibility index (Phi) is 5.55. The Balaban J connectivity index is 1.79. The minimum absolute atomic E-state index is 0.0641. The highest BCUT2D eigenvalue weighted by atomic mass is 19.4. The Morgan fingerprint density at radius 1 is 1.10 bits per heavy atom. The summed E-state index contributed by atoms with van der Waals surface area (Å²) in [6.45, 7) is 1.96. The molecule has 2 aromatic carbocycles. The summed E-state index contributed by atoms with van der Waals surface area (Å²) in [4.78, 5) is 12.3. The Bertz CT molecular complexity index is 1100. The average molecular weight is 396 g/mol. The van der Waals surface area contributed by atoms with Crippen molar-refractivity contribution in [1.29, 1.82) is 5.26 Å². The summed E-state index contributed by atoms with van der Waals surface area (Å²) >= 11 is 0. The minimum Gasteiger partial charge on any atom is -0.457 e. The Morgan fingerprint density at radius 2 is 1.83 bits per heavy atom. The first-order valence-corrected chi connectivity index (χ1v) is 8.53. The van der Waals surface area contributed by atoms with E-state index in [0.717, 1.165) is 23.3 Å². The molecule has 7 heteroatoms. The van der Waals surface area contributed by atoms with Crippen LogP contribution in [-0.4, -0.2) is 5.91 Å². The van der Waals surface area contributed by atoms with E-state index >= 15 is 0 Å². The second kappa shape index (κ2) is 8.07. The molecular formula is C22H15F3N2O2. The van der Waals surface area contributed by atoms with Crippen LogP contribution < -0.4 is 5.32 Å². The second-order valence-corrected chi connectivity index (χ2v) is 6.27. The van der Waals surface area contributed by atoms with Gasteiger partial charge in [0.25, 0.3) is 5.91 Å². The standard InChI is InChI=1S/C22H15F3N2O2/c1-14-5-7-15(8-6-14)20-10-9-19(29-20)11-16(13-26)21(28)27-18-4-2-3-17(12-18)22(23,24)25/h2-12H,1H3,(H,27,28). The molecule has 0 radical (unpaired) electrons. The molecule has 0 unspecified atom stereocenters. The van der Waals surface area contributed by atoms with Gasteiger partial charge in [0.1, 0.15) is 23.2 Å². The number of hydrogen-bond acceptors (Lipinski definition) is 3. The monoisotopic (exact) mass is 396 g/mol. The molecule has 0 aliphatic heterocycles. The number of nitrogens with one attached hydrogen (secondary N) is 1. The van der Waals surface area contributed by atoms with Crippen molar-refractivity contribution >= 4 is 17.7 Å². The summed E-state index contributed by atoms with van der Waals surface area (Å²) in [6, 6.07) is 16.8. The van der Waals surface area contributed by atoms with Crippen LogP contribution in [0.2, 0.25) is 0 Å².